The van der Waals surface area contributed by atoms with Crippen molar-refractivity contribution in [1.82, 2.24) is 4.90 Å². The van der Waals surface area contributed by atoms with Gasteiger partial charge in [-0.2, -0.15) is 0 Å². The van der Waals surface area contributed by atoms with E-state index >= 15 is 0 Å². The van der Waals surface area contributed by atoms with E-state index in [9.17, 15) is 19.2 Å². The van der Waals surface area contributed by atoms with Crippen molar-refractivity contribution in [1.29, 1.82) is 0 Å². The molecule has 1 aromatic rings. The van der Waals surface area contributed by atoms with Crippen LogP contribution in [0, 0.1) is 0 Å². The zero-order chi connectivity index (χ0) is 15.9. The molecule has 0 aromatic heterocycles. The van der Waals surface area contributed by atoms with Crippen molar-refractivity contribution < 1.29 is 19.2 Å². The molecular formula is C17H19NO4. The maximum Gasteiger partial charge on any atom is 0.261 e. The fourth-order valence-electron chi connectivity index (χ4n) is 2.82. The van der Waals surface area contributed by atoms with E-state index in [0.717, 1.165) is 12.6 Å². The highest BCUT2D eigenvalue weighted by Gasteiger charge is 2.39. The van der Waals surface area contributed by atoms with Crippen LogP contribution in [0.1, 0.15) is 59.2 Å². The number of amides is 2. The Bertz CT molecular complexity index is 533. The third kappa shape index (κ3) is 3.30. The maximum absolute atomic E-state index is 12.5. The van der Waals surface area contributed by atoms with Gasteiger partial charge in [-0.25, -0.2) is 0 Å². The highest BCUT2D eigenvalue weighted by atomic mass is 16.2. The minimum atomic E-state index is -0.275. The zero-order valence-electron chi connectivity index (χ0n) is 12.4. The molecule has 0 spiro atoms. The molecule has 0 bridgehead atoms. The van der Waals surface area contributed by atoms with Gasteiger partial charge in [-0.1, -0.05) is 12.1 Å². The third-order valence-electron chi connectivity index (χ3n) is 3.91. The molecule has 5 heteroatoms. The molecule has 2 amide bonds. The first-order valence-corrected chi connectivity index (χ1v) is 7.55. The predicted octanol–water partition coefficient (Wildman–Crippen LogP) is 2.39. The fourth-order valence-corrected chi connectivity index (χ4v) is 2.82. The van der Waals surface area contributed by atoms with Crippen molar-refractivity contribution >= 4 is 24.4 Å². The molecule has 0 fully saturated rings. The topological polar surface area (TPSA) is 71.5 Å². The summed E-state index contributed by atoms with van der Waals surface area (Å²) in [5, 5.41) is 0. The van der Waals surface area contributed by atoms with Gasteiger partial charge in [0.2, 0.25) is 0 Å². The standard InChI is InChI=1S/C17H19NO4/c19-11-5-3-7-13(8-4-6-12-20)18-16(21)14-9-1-2-10-15(14)17(18)22/h1-2,9-13H,3-8H2. The Balaban J connectivity index is 2.16. The van der Waals surface area contributed by atoms with E-state index in [1.165, 1.54) is 4.90 Å². The Hall–Kier alpha value is -2.30. The molecule has 1 aliphatic heterocycles. The molecule has 0 unspecified atom stereocenters. The first-order valence-electron chi connectivity index (χ1n) is 7.55. The van der Waals surface area contributed by atoms with Gasteiger partial charge in [0, 0.05) is 18.9 Å². The average Bonchev–Trinajstić information content (AvgIpc) is 2.78. The number of benzene rings is 1. The highest BCUT2D eigenvalue weighted by Crippen LogP contribution is 2.28. The number of carbonyl (C=O) groups is 4. The fraction of sp³-hybridized carbons (Fsp3) is 0.412. The number of rotatable bonds is 9. The van der Waals surface area contributed by atoms with Crippen LogP contribution in [0.3, 0.4) is 0 Å². The lowest BCUT2D eigenvalue weighted by Gasteiger charge is -2.26. The van der Waals surface area contributed by atoms with Crippen LogP contribution >= 0.6 is 0 Å². The molecule has 116 valence electrons. The summed E-state index contributed by atoms with van der Waals surface area (Å²) >= 11 is 0. The van der Waals surface area contributed by atoms with Crippen LogP contribution < -0.4 is 0 Å². The summed E-state index contributed by atoms with van der Waals surface area (Å²) in [5.74, 6) is -0.550. The van der Waals surface area contributed by atoms with Crippen molar-refractivity contribution in [3.8, 4) is 0 Å². The highest BCUT2D eigenvalue weighted by molar-refractivity contribution is 6.21. The molecule has 2 rings (SSSR count). The number of unbranched alkanes of at least 4 members (excludes halogenated alkanes) is 2. The van der Waals surface area contributed by atoms with Crippen molar-refractivity contribution in [2.75, 3.05) is 0 Å². The average molecular weight is 301 g/mol. The third-order valence-corrected chi connectivity index (χ3v) is 3.91. The number of aldehydes is 2. The quantitative estimate of drug-likeness (QED) is 0.399. The summed E-state index contributed by atoms with van der Waals surface area (Å²) in [4.78, 5) is 47.2. The van der Waals surface area contributed by atoms with Gasteiger partial charge in [-0.3, -0.25) is 14.5 Å². The summed E-state index contributed by atoms with van der Waals surface area (Å²) in [6.07, 6.45) is 4.92. The minimum Gasteiger partial charge on any atom is -0.303 e. The largest absolute Gasteiger partial charge is 0.303 e. The van der Waals surface area contributed by atoms with Crippen LogP contribution in [0.4, 0.5) is 0 Å². The van der Waals surface area contributed by atoms with E-state index in [1.54, 1.807) is 24.3 Å². The van der Waals surface area contributed by atoms with Crippen molar-refractivity contribution in [3.05, 3.63) is 35.4 Å². The lowest BCUT2D eigenvalue weighted by molar-refractivity contribution is -0.108. The SMILES string of the molecule is O=CCCCC(CCCC=O)N1C(=O)c2ccccc2C1=O. The van der Waals surface area contributed by atoms with E-state index in [1.807, 2.05) is 0 Å². The normalized spacial score (nSPS) is 13.6. The second kappa shape index (κ2) is 7.64. The Morgan fingerprint density at radius 3 is 1.73 bits per heavy atom. The lowest BCUT2D eigenvalue weighted by Crippen LogP contribution is -2.40. The maximum atomic E-state index is 12.5. The molecule has 0 saturated carbocycles. The van der Waals surface area contributed by atoms with Crippen LogP contribution in [-0.4, -0.2) is 35.3 Å². The van der Waals surface area contributed by atoms with Crippen molar-refractivity contribution in [2.24, 2.45) is 0 Å². The Kier molecular flexibility index (Phi) is 5.58. The molecule has 1 aromatic carbocycles. The number of imide groups is 1. The first-order chi connectivity index (χ1) is 10.7. The van der Waals surface area contributed by atoms with Gasteiger partial charge in [-0.15, -0.1) is 0 Å². The molecule has 0 radical (unpaired) electrons. The second-order valence-corrected chi connectivity index (χ2v) is 5.37. The number of hydrogen-bond acceptors (Lipinski definition) is 4. The van der Waals surface area contributed by atoms with Crippen molar-refractivity contribution in [3.63, 3.8) is 0 Å². The molecule has 0 atom stereocenters. The predicted molar refractivity (Wildman–Crippen MR) is 80.6 cm³/mol. The van der Waals surface area contributed by atoms with E-state index in [-0.39, 0.29) is 17.9 Å². The Morgan fingerprint density at radius 2 is 1.32 bits per heavy atom. The zero-order valence-corrected chi connectivity index (χ0v) is 12.4. The van der Waals surface area contributed by atoms with Crippen LogP contribution in [0.25, 0.3) is 0 Å². The molecule has 0 N–H and O–H groups in total. The Labute approximate surface area is 129 Å². The smallest absolute Gasteiger partial charge is 0.261 e. The van der Waals surface area contributed by atoms with Gasteiger partial charge in [0.1, 0.15) is 12.6 Å². The number of nitrogens with zero attached hydrogens (tertiary/aromatic N) is 1. The number of carbonyl (C=O) groups excluding carboxylic acids is 4. The van der Waals surface area contributed by atoms with Crippen LogP contribution in [-0.2, 0) is 9.59 Å². The van der Waals surface area contributed by atoms with Gasteiger partial charge in [0.15, 0.2) is 0 Å². The molecular weight excluding hydrogens is 282 g/mol. The number of fused-ring (bicyclic) bond motifs is 1. The Morgan fingerprint density at radius 1 is 0.864 bits per heavy atom. The van der Waals surface area contributed by atoms with Crippen LogP contribution in [0.5, 0.6) is 0 Å². The summed E-state index contributed by atoms with van der Waals surface area (Å²) in [6, 6.07) is 6.53. The van der Waals surface area contributed by atoms with Crippen LogP contribution in [0.15, 0.2) is 24.3 Å². The molecule has 1 aliphatic rings. The summed E-state index contributed by atoms with van der Waals surface area (Å²) in [6.45, 7) is 0. The van der Waals surface area contributed by atoms with Gasteiger partial charge < -0.3 is 9.59 Å². The van der Waals surface area contributed by atoms with Gasteiger partial charge in [0.25, 0.3) is 11.8 Å². The minimum absolute atomic E-state index is 0.257. The summed E-state index contributed by atoms with van der Waals surface area (Å²) in [5.41, 5.74) is 0.867. The van der Waals surface area contributed by atoms with E-state index < -0.39 is 0 Å². The van der Waals surface area contributed by atoms with E-state index in [0.29, 0.717) is 49.7 Å². The van der Waals surface area contributed by atoms with Crippen molar-refractivity contribution in [2.45, 2.75) is 44.6 Å². The second-order valence-electron chi connectivity index (χ2n) is 5.37. The summed E-state index contributed by atoms with van der Waals surface area (Å²) < 4.78 is 0. The van der Waals surface area contributed by atoms with Gasteiger partial charge in [-0.05, 0) is 37.8 Å². The molecule has 0 saturated heterocycles. The van der Waals surface area contributed by atoms with Gasteiger partial charge >= 0.3 is 0 Å². The monoisotopic (exact) mass is 301 g/mol. The number of hydrogen-bond donors (Lipinski definition) is 0. The summed E-state index contributed by atoms with van der Waals surface area (Å²) in [7, 11) is 0. The lowest BCUT2D eigenvalue weighted by atomic mass is 10.0. The molecule has 22 heavy (non-hydrogen) atoms. The molecule has 5 nitrogen and oxygen atoms in total. The van der Waals surface area contributed by atoms with E-state index in [2.05, 4.69) is 0 Å². The molecule has 0 aliphatic carbocycles. The van der Waals surface area contributed by atoms with E-state index in [4.69, 9.17) is 0 Å². The van der Waals surface area contributed by atoms with Gasteiger partial charge in [0.05, 0.1) is 11.1 Å². The first kappa shape index (κ1) is 16.1. The molecule has 1 heterocycles. The van der Waals surface area contributed by atoms with Crippen LogP contribution in [0.2, 0.25) is 0 Å².